The van der Waals surface area contributed by atoms with Crippen molar-refractivity contribution in [1.29, 1.82) is 0 Å². The maximum Gasteiger partial charge on any atom is 0.276 e. The molecule has 10 nitrogen and oxygen atoms in total. The number of aryl methyl sites for hydroxylation is 1. The highest BCUT2D eigenvalue weighted by atomic mass is 16.5. The van der Waals surface area contributed by atoms with Crippen molar-refractivity contribution in [2.45, 2.75) is 18.9 Å². The first-order valence-corrected chi connectivity index (χ1v) is 8.35. The molecular formula is C16H18N8O2. The molecule has 0 N–H and O–H groups in total. The van der Waals surface area contributed by atoms with Gasteiger partial charge in [0.25, 0.3) is 5.91 Å². The van der Waals surface area contributed by atoms with E-state index in [0.29, 0.717) is 30.5 Å². The van der Waals surface area contributed by atoms with Crippen molar-refractivity contribution in [1.82, 2.24) is 39.9 Å². The molecular weight excluding hydrogens is 336 g/mol. The minimum absolute atomic E-state index is 0.00533. The molecule has 0 unspecified atom stereocenters. The molecule has 1 aliphatic heterocycles. The van der Waals surface area contributed by atoms with Crippen LogP contribution >= 0.6 is 0 Å². The molecule has 3 aromatic heterocycles. The summed E-state index contributed by atoms with van der Waals surface area (Å²) in [6, 6.07) is 5.41. The number of amides is 1. The molecule has 0 aliphatic carbocycles. The lowest BCUT2D eigenvalue weighted by atomic mass is 10.1. The molecule has 0 atom stereocenters. The first kappa shape index (κ1) is 16.2. The average Bonchev–Trinajstić information content (AvgIpc) is 3.34. The first-order valence-electron chi connectivity index (χ1n) is 8.35. The Balaban J connectivity index is 1.32. The third-order valence-corrected chi connectivity index (χ3v) is 4.20. The largest absolute Gasteiger partial charge is 0.473 e. The van der Waals surface area contributed by atoms with Crippen LogP contribution in [0.3, 0.4) is 0 Å². The number of likely N-dealkylation sites (tertiary alicyclic amines) is 1. The van der Waals surface area contributed by atoms with Crippen LogP contribution < -0.4 is 4.74 Å². The zero-order chi connectivity index (χ0) is 17.9. The third-order valence-electron chi connectivity index (χ3n) is 4.20. The molecule has 0 bridgehead atoms. The maximum absolute atomic E-state index is 12.4. The lowest BCUT2D eigenvalue weighted by Gasteiger charge is -2.31. The van der Waals surface area contributed by atoms with Gasteiger partial charge in [-0.3, -0.25) is 9.48 Å². The van der Waals surface area contributed by atoms with Gasteiger partial charge in [0, 0.05) is 51.4 Å². The van der Waals surface area contributed by atoms with Crippen molar-refractivity contribution < 1.29 is 9.53 Å². The van der Waals surface area contributed by atoms with Crippen LogP contribution in [-0.4, -0.2) is 65.0 Å². The molecule has 0 saturated carbocycles. The van der Waals surface area contributed by atoms with Gasteiger partial charge < -0.3 is 9.64 Å². The van der Waals surface area contributed by atoms with Crippen molar-refractivity contribution in [3.63, 3.8) is 0 Å². The third kappa shape index (κ3) is 3.39. The van der Waals surface area contributed by atoms with Crippen molar-refractivity contribution in [2.24, 2.45) is 7.05 Å². The van der Waals surface area contributed by atoms with E-state index in [-0.39, 0.29) is 12.0 Å². The summed E-state index contributed by atoms with van der Waals surface area (Å²) in [4.78, 5) is 14.1. The Kier molecular flexibility index (Phi) is 4.30. The molecule has 1 saturated heterocycles. The molecule has 0 aromatic carbocycles. The van der Waals surface area contributed by atoms with Gasteiger partial charge in [-0.05, 0) is 12.1 Å². The van der Waals surface area contributed by atoms with Gasteiger partial charge in [-0.15, -0.1) is 15.3 Å². The summed E-state index contributed by atoms with van der Waals surface area (Å²) >= 11 is 0. The summed E-state index contributed by atoms with van der Waals surface area (Å²) in [5.41, 5.74) is 0.368. The summed E-state index contributed by atoms with van der Waals surface area (Å²) in [7, 11) is 1.74. The normalized spacial score (nSPS) is 15.2. The lowest BCUT2D eigenvalue weighted by Crippen LogP contribution is -2.42. The van der Waals surface area contributed by atoms with E-state index in [9.17, 15) is 4.79 Å². The molecule has 1 amide bonds. The number of ether oxygens (including phenoxy) is 1. The maximum atomic E-state index is 12.4. The van der Waals surface area contributed by atoms with Crippen molar-refractivity contribution in [2.75, 3.05) is 13.1 Å². The molecule has 1 fully saturated rings. The van der Waals surface area contributed by atoms with E-state index < -0.39 is 0 Å². The summed E-state index contributed by atoms with van der Waals surface area (Å²) in [6.07, 6.45) is 6.58. The molecule has 134 valence electrons. The quantitative estimate of drug-likeness (QED) is 0.671. The standard InChI is InChI=1S/C16H18N8O2/c1-22-11-13(18-21-22)16(25)23-9-5-12(6-10-23)26-15-4-3-14(19-20-15)24-8-2-7-17-24/h2-4,7-8,11-12H,5-6,9-10H2,1H3. The molecule has 1 aliphatic rings. The fourth-order valence-corrected chi connectivity index (χ4v) is 2.86. The van der Waals surface area contributed by atoms with Crippen LogP contribution in [0, 0.1) is 0 Å². The van der Waals surface area contributed by atoms with Gasteiger partial charge in [-0.25, -0.2) is 4.68 Å². The predicted molar refractivity (Wildman–Crippen MR) is 89.7 cm³/mol. The molecule has 26 heavy (non-hydrogen) atoms. The van der Waals surface area contributed by atoms with E-state index in [1.165, 1.54) is 4.68 Å². The van der Waals surface area contributed by atoms with Gasteiger partial charge in [-0.2, -0.15) is 5.10 Å². The minimum atomic E-state index is -0.0973. The zero-order valence-corrected chi connectivity index (χ0v) is 14.3. The second-order valence-electron chi connectivity index (χ2n) is 6.07. The molecule has 0 spiro atoms. The van der Waals surface area contributed by atoms with Gasteiger partial charge >= 0.3 is 0 Å². The van der Waals surface area contributed by atoms with E-state index in [0.717, 1.165) is 12.8 Å². The van der Waals surface area contributed by atoms with Crippen LogP contribution in [0.5, 0.6) is 5.88 Å². The minimum Gasteiger partial charge on any atom is -0.473 e. The summed E-state index contributed by atoms with van der Waals surface area (Å²) in [5.74, 6) is 1.01. The Morgan fingerprint density at radius 3 is 2.65 bits per heavy atom. The van der Waals surface area contributed by atoms with Crippen LogP contribution in [0.4, 0.5) is 0 Å². The summed E-state index contributed by atoms with van der Waals surface area (Å²) in [6.45, 7) is 1.22. The van der Waals surface area contributed by atoms with E-state index in [1.54, 1.807) is 41.3 Å². The highest BCUT2D eigenvalue weighted by molar-refractivity contribution is 5.91. The highest BCUT2D eigenvalue weighted by Crippen LogP contribution is 2.18. The topological polar surface area (TPSA) is 104 Å². The fraction of sp³-hybridized carbons (Fsp3) is 0.375. The molecule has 4 rings (SSSR count). The number of rotatable bonds is 4. The van der Waals surface area contributed by atoms with Crippen LogP contribution in [0.15, 0.2) is 36.8 Å². The highest BCUT2D eigenvalue weighted by Gasteiger charge is 2.26. The Bertz CT molecular complexity index is 866. The van der Waals surface area contributed by atoms with Gasteiger partial charge in [0.1, 0.15) is 6.10 Å². The predicted octanol–water partition coefficient (Wildman–Crippen LogP) is 0.474. The Morgan fingerprint density at radius 2 is 2.04 bits per heavy atom. The second kappa shape index (κ2) is 6.90. The number of hydrogen-bond acceptors (Lipinski definition) is 7. The number of nitrogens with zero attached hydrogens (tertiary/aromatic N) is 8. The van der Waals surface area contributed by atoms with E-state index in [1.807, 2.05) is 12.1 Å². The second-order valence-corrected chi connectivity index (χ2v) is 6.07. The SMILES string of the molecule is Cn1cc(C(=O)N2CCC(Oc3ccc(-n4cccn4)nn3)CC2)nn1. The summed E-state index contributed by atoms with van der Waals surface area (Å²) < 4.78 is 9.05. The van der Waals surface area contributed by atoms with Crippen LogP contribution in [-0.2, 0) is 7.05 Å². The van der Waals surface area contributed by atoms with E-state index in [4.69, 9.17) is 4.74 Å². The Hall–Kier alpha value is -3.30. The van der Waals surface area contributed by atoms with E-state index >= 15 is 0 Å². The number of hydrogen-bond donors (Lipinski definition) is 0. The van der Waals surface area contributed by atoms with Crippen LogP contribution in [0.25, 0.3) is 5.82 Å². The van der Waals surface area contributed by atoms with Crippen molar-refractivity contribution >= 4 is 5.91 Å². The summed E-state index contributed by atoms with van der Waals surface area (Å²) in [5, 5.41) is 20.0. The van der Waals surface area contributed by atoms with Gasteiger partial charge in [0.2, 0.25) is 5.88 Å². The van der Waals surface area contributed by atoms with E-state index in [2.05, 4.69) is 25.6 Å². The van der Waals surface area contributed by atoms with Gasteiger partial charge in [0.15, 0.2) is 11.5 Å². The molecule has 4 heterocycles. The number of aromatic nitrogens is 7. The molecule has 3 aromatic rings. The fourth-order valence-electron chi connectivity index (χ4n) is 2.86. The van der Waals surface area contributed by atoms with Crippen LogP contribution in [0.1, 0.15) is 23.3 Å². The Morgan fingerprint density at radius 1 is 1.19 bits per heavy atom. The van der Waals surface area contributed by atoms with Crippen molar-refractivity contribution in [3.8, 4) is 11.7 Å². The smallest absolute Gasteiger partial charge is 0.276 e. The zero-order valence-electron chi connectivity index (χ0n) is 14.3. The molecule has 10 heteroatoms. The number of carbonyl (C=O) groups is 1. The van der Waals surface area contributed by atoms with Crippen molar-refractivity contribution in [3.05, 3.63) is 42.5 Å². The Labute approximate surface area is 149 Å². The molecule has 0 radical (unpaired) electrons. The lowest BCUT2D eigenvalue weighted by molar-refractivity contribution is 0.0580. The van der Waals surface area contributed by atoms with Gasteiger partial charge in [-0.1, -0.05) is 5.21 Å². The number of piperidine rings is 1. The van der Waals surface area contributed by atoms with Crippen LogP contribution in [0.2, 0.25) is 0 Å². The first-order chi connectivity index (χ1) is 12.7. The monoisotopic (exact) mass is 354 g/mol. The van der Waals surface area contributed by atoms with Gasteiger partial charge in [0.05, 0.1) is 6.20 Å². The number of carbonyl (C=O) groups excluding carboxylic acids is 1. The average molecular weight is 354 g/mol.